The maximum absolute atomic E-state index is 12.9. The Balaban J connectivity index is 4.35. The average Bonchev–Trinajstić information content (AvgIpc) is 3.35. The Bertz CT molecular complexity index is 1200. The van der Waals surface area contributed by atoms with Gasteiger partial charge in [0.15, 0.2) is 6.10 Å². The molecule has 0 saturated heterocycles. The van der Waals surface area contributed by atoms with Gasteiger partial charge in [0.1, 0.15) is 13.2 Å². The fourth-order valence-electron chi connectivity index (χ4n) is 8.70. The first-order valence-corrected chi connectivity index (χ1v) is 30.1. The molecule has 402 valence electrons. The Labute approximate surface area is 428 Å². The zero-order valence-corrected chi connectivity index (χ0v) is 46.1. The molecule has 0 aromatic carbocycles. The number of allylic oxidation sites excluding steroid dienone is 8. The number of ether oxygens (including phenoxy) is 3. The molecule has 69 heavy (non-hydrogen) atoms. The van der Waals surface area contributed by atoms with Crippen LogP contribution in [0, 0.1) is 0 Å². The summed E-state index contributed by atoms with van der Waals surface area (Å²) < 4.78 is 16.9. The molecule has 0 amide bonds. The van der Waals surface area contributed by atoms with Crippen LogP contribution in [0.15, 0.2) is 48.6 Å². The number of carbonyl (C=O) groups excluding carboxylic acids is 3. The molecule has 0 aliphatic carbocycles. The second-order valence-electron chi connectivity index (χ2n) is 20.2. The molecule has 6 heteroatoms. The molecule has 0 rings (SSSR count). The summed E-state index contributed by atoms with van der Waals surface area (Å²) in [6.45, 7) is 6.64. The van der Waals surface area contributed by atoms with Crippen LogP contribution >= 0.6 is 0 Å². The minimum atomic E-state index is -0.782. The van der Waals surface area contributed by atoms with E-state index in [9.17, 15) is 14.4 Å². The van der Waals surface area contributed by atoms with Crippen molar-refractivity contribution >= 4 is 17.9 Å². The van der Waals surface area contributed by atoms with Gasteiger partial charge in [0.05, 0.1) is 0 Å². The summed E-state index contributed by atoms with van der Waals surface area (Å²) in [5.41, 5.74) is 0. The molecule has 0 spiro atoms. The minimum absolute atomic E-state index is 0.0796. The molecular formula is C63H114O6. The molecular weight excluding hydrogens is 853 g/mol. The quantitative estimate of drug-likeness (QED) is 0.0262. The van der Waals surface area contributed by atoms with E-state index in [0.717, 1.165) is 83.5 Å². The molecule has 0 aliphatic rings. The van der Waals surface area contributed by atoms with Crippen LogP contribution in [0.3, 0.4) is 0 Å². The van der Waals surface area contributed by atoms with Gasteiger partial charge in [0, 0.05) is 19.3 Å². The highest BCUT2D eigenvalue weighted by molar-refractivity contribution is 5.71. The van der Waals surface area contributed by atoms with Crippen molar-refractivity contribution in [3.8, 4) is 0 Å². The van der Waals surface area contributed by atoms with Crippen molar-refractivity contribution in [2.75, 3.05) is 13.2 Å². The van der Waals surface area contributed by atoms with Crippen LogP contribution in [0.1, 0.15) is 316 Å². The predicted octanol–water partition coefficient (Wildman–Crippen LogP) is 20.2. The van der Waals surface area contributed by atoms with Gasteiger partial charge in [-0.25, -0.2) is 0 Å². The lowest BCUT2D eigenvalue weighted by Crippen LogP contribution is -2.30. The second kappa shape index (κ2) is 57.9. The van der Waals surface area contributed by atoms with E-state index in [1.54, 1.807) is 0 Å². The van der Waals surface area contributed by atoms with Crippen molar-refractivity contribution in [1.82, 2.24) is 0 Å². The normalized spacial score (nSPS) is 12.3. The van der Waals surface area contributed by atoms with Crippen LogP contribution < -0.4 is 0 Å². The Kier molecular flexibility index (Phi) is 55.7. The van der Waals surface area contributed by atoms with E-state index >= 15 is 0 Å². The maximum Gasteiger partial charge on any atom is 0.306 e. The van der Waals surface area contributed by atoms with Crippen molar-refractivity contribution in [3.05, 3.63) is 48.6 Å². The van der Waals surface area contributed by atoms with Crippen LogP contribution in [-0.2, 0) is 28.6 Å². The van der Waals surface area contributed by atoms with Crippen molar-refractivity contribution in [3.63, 3.8) is 0 Å². The number of esters is 3. The Hall–Kier alpha value is -2.63. The van der Waals surface area contributed by atoms with Gasteiger partial charge < -0.3 is 14.2 Å². The zero-order chi connectivity index (χ0) is 50.0. The average molecular weight is 968 g/mol. The molecule has 0 saturated carbocycles. The largest absolute Gasteiger partial charge is 0.462 e. The number of hydrogen-bond donors (Lipinski definition) is 0. The number of hydrogen-bond acceptors (Lipinski definition) is 6. The van der Waals surface area contributed by atoms with Gasteiger partial charge in [-0.15, -0.1) is 0 Å². The third kappa shape index (κ3) is 56.2. The molecule has 1 unspecified atom stereocenters. The summed E-state index contributed by atoms with van der Waals surface area (Å²) in [5, 5.41) is 0. The highest BCUT2D eigenvalue weighted by Crippen LogP contribution is 2.16. The highest BCUT2D eigenvalue weighted by Gasteiger charge is 2.19. The molecule has 0 aromatic rings. The predicted molar refractivity (Wildman–Crippen MR) is 298 cm³/mol. The Morgan fingerprint density at radius 1 is 0.290 bits per heavy atom. The lowest BCUT2D eigenvalue weighted by atomic mass is 10.1. The fourth-order valence-corrected chi connectivity index (χ4v) is 8.70. The Morgan fingerprint density at radius 3 is 0.812 bits per heavy atom. The van der Waals surface area contributed by atoms with Gasteiger partial charge in [0.25, 0.3) is 0 Å². The minimum Gasteiger partial charge on any atom is -0.462 e. The first-order valence-electron chi connectivity index (χ1n) is 30.1. The summed E-state index contributed by atoms with van der Waals surface area (Å²) >= 11 is 0. The van der Waals surface area contributed by atoms with Gasteiger partial charge >= 0.3 is 17.9 Å². The molecule has 6 nitrogen and oxygen atoms in total. The van der Waals surface area contributed by atoms with E-state index < -0.39 is 6.10 Å². The molecule has 0 bridgehead atoms. The first kappa shape index (κ1) is 66.4. The van der Waals surface area contributed by atoms with Crippen molar-refractivity contribution in [1.29, 1.82) is 0 Å². The lowest BCUT2D eigenvalue weighted by Gasteiger charge is -2.18. The molecule has 0 heterocycles. The van der Waals surface area contributed by atoms with E-state index in [1.807, 2.05) is 0 Å². The smallest absolute Gasteiger partial charge is 0.306 e. The summed E-state index contributed by atoms with van der Waals surface area (Å²) in [6, 6.07) is 0. The van der Waals surface area contributed by atoms with Crippen LogP contribution in [0.4, 0.5) is 0 Å². The van der Waals surface area contributed by atoms with E-state index in [0.29, 0.717) is 19.3 Å². The second-order valence-corrected chi connectivity index (χ2v) is 20.2. The number of unbranched alkanes of at least 4 members (excludes halogenated alkanes) is 36. The Morgan fingerprint density at radius 2 is 0.522 bits per heavy atom. The number of rotatable bonds is 55. The summed E-state index contributed by atoms with van der Waals surface area (Å²) in [4.78, 5) is 38.2. The third-order valence-corrected chi connectivity index (χ3v) is 13.3. The van der Waals surface area contributed by atoms with Gasteiger partial charge in [-0.3, -0.25) is 14.4 Å². The third-order valence-electron chi connectivity index (χ3n) is 13.3. The first-order chi connectivity index (χ1) is 34.0. The summed E-state index contributed by atoms with van der Waals surface area (Å²) in [7, 11) is 0. The fraction of sp³-hybridized carbons (Fsp3) is 0.825. The van der Waals surface area contributed by atoms with E-state index in [4.69, 9.17) is 14.2 Å². The molecule has 0 aliphatic heterocycles. The number of carbonyl (C=O) groups is 3. The maximum atomic E-state index is 12.9. The van der Waals surface area contributed by atoms with Gasteiger partial charge in [0.2, 0.25) is 0 Å². The topological polar surface area (TPSA) is 78.9 Å². The highest BCUT2D eigenvalue weighted by atomic mass is 16.6. The molecule has 0 aromatic heterocycles. The molecule has 0 fully saturated rings. The van der Waals surface area contributed by atoms with E-state index in [2.05, 4.69) is 69.4 Å². The van der Waals surface area contributed by atoms with Gasteiger partial charge in [-0.05, 0) is 103 Å². The van der Waals surface area contributed by atoms with Gasteiger partial charge in [-0.1, -0.05) is 243 Å². The van der Waals surface area contributed by atoms with Crippen LogP contribution in [0.5, 0.6) is 0 Å². The van der Waals surface area contributed by atoms with E-state index in [-0.39, 0.29) is 31.1 Å². The van der Waals surface area contributed by atoms with Crippen LogP contribution in [0.2, 0.25) is 0 Å². The van der Waals surface area contributed by atoms with Crippen LogP contribution in [0.25, 0.3) is 0 Å². The summed E-state index contributed by atoms with van der Waals surface area (Å²) in [5.74, 6) is -0.886. The SMILES string of the molecule is CCCCCCCC=CCC=CCCCCCCCCCCCC(=O)OCC(COC(=O)CCCCCCCC=CCCCCCCCC)OC(=O)CCCCCCCC=CCCCCCCCC. The molecule has 0 N–H and O–H groups in total. The standard InChI is InChI=1S/C63H114O6/c1-4-7-10-13-16-19-22-25-28-29-30-31-32-33-36-38-41-44-47-50-53-56-62(65)68-59-60(69-63(66)57-54-51-48-45-42-39-35-27-24-21-18-15-12-9-6-3)58-67-61(64)55-52-49-46-43-40-37-34-26-23-20-17-14-11-8-5-2/h22,25-27,29-30,34-35,60H,4-21,23-24,28,31-33,36-59H2,1-3H3. The van der Waals surface area contributed by atoms with Crippen LogP contribution in [-0.4, -0.2) is 37.2 Å². The molecule has 0 radical (unpaired) electrons. The van der Waals surface area contributed by atoms with Crippen molar-refractivity contribution in [2.24, 2.45) is 0 Å². The summed E-state index contributed by atoms with van der Waals surface area (Å²) in [6.07, 6.45) is 71.0. The van der Waals surface area contributed by atoms with Crippen molar-refractivity contribution < 1.29 is 28.6 Å². The van der Waals surface area contributed by atoms with E-state index in [1.165, 1.54) is 193 Å². The molecule has 1 atom stereocenters. The monoisotopic (exact) mass is 967 g/mol. The van der Waals surface area contributed by atoms with Gasteiger partial charge in [-0.2, -0.15) is 0 Å². The van der Waals surface area contributed by atoms with Crippen molar-refractivity contribution in [2.45, 2.75) is 322 Å². The lowest BCUT2D eigenvalue weighted by molar-refractivity contribution is -0.167. The zero-order valence-electron chi connectivity index (χ0n) is 46.1.